The molecule has 2 rings (SSSR count). The summed E-state index contributed by atoms with van der Waals surface area (Å²) in [5.41, 5.74) is 1.71. The lowest BCUT2D eigenvalue weighted by molar-refractivity contribution is -0.125. The largest absolute Gasteiger partial charge is 0.493 e. The molecule has 5 heteroatoms. The van der Waals surface area contributed by atoms with Gasteiger partial charge in [-0.15, -0.1) is 0 Å². The Hall–Kier alpha value is -2.82. The van der Waals surface area contributed by atoms with Crippen LogP contribution < -0.4 is 9.47 Å². The van der Waals surface area contributed by atoms with E-state index in [1.54, 1.807) is 37.3 Å². The number of nitrogens with zero attached hydrogens (tertiary/aromatic N) is 1. The molecule has 0 aliphatic rings. The van der Waals surface area contributed by atoms with Crippen LogP contribution in [0.4, 0.5) is 4.39 Å². The molecule has 0 aromatic heterocycles. The summed E-state index contributed by atoms with van der Waals surface area (Å²) in [5, 5.41) is 0. The molecular weight excluding hydrogens is 321 g/mol. The standard InChI is InChI=1S/C20H22FNO3/c1-4-25-18-11-7-15(13-19(18)24-3)8-12-20(23)22(2)14-16-5-9-17(21)10-6-16/h5-13H,4,14H2,1-3H3. The minimum Gasteiger partial charge on any atom is -0.493 e. The molecule has 0 radical (unpaired) electrons. The summed E-state index contributed by atoms with van der Waals surface area (Å²) in [6.45, 7) is 2.87. The summed E-state index contributed by atoms with van der Waals surface area (Å²) < 4.78 is 23.7. The fourth-order valence-electron chi connectivity index (χ4n) is 2.30. The number of methoxy groups -OCH3 is 1. The summed E-state index contributed by atoms with van der Waals surface area (Å²) in [6, 6.07) is 11.6. The fraction of sp³-hybridized carbons (Fsp3) is 0.250. The van der Waals surface area contributed by atoms with Crippen molar-refractivity contribution in [1.29, 1.82) is 0 Å². The lowest BCUT2D eigenvalue weighted by atomic mass is 10.1. The van der Waals surface area contributed by atoms with Gasteiger partial charge in [-0.05, 0) is 48.4 Å². The summed E-state index contributed by atoms with van der Waals surface area (Å²) in [4.78, 5) is 13.8. The van der Waals surface area contributed by atoms with Gasteiger partial charge in [-0.1, -0.05) is 18.2 Å². The van der Waals surface area contributed by atoms with Crippen LogP contribution in [0, 0.1) is 5.82 Å². The molecule has 0 unspecified atom stereocenters. The zero-order valence-electron chi connectivity index (χ0n) is 14.7. The monoisotopic (exact) mass is 343 g/mol. The average Bonchev–Trinajstić information content (AvgIpc) is 2.62. The molecule has 0 fully saturated rings. The van der Waals surface area contributed by atoms with Gasteiger partial charge in [-0.3, -0.25) is 4.79 Å². The van der Waals surface area contributed by atoms with Crippen molar-refractivity contribution < 1.29 is 18.7 Å². The Bertz CT molecular complexity index is 741. The number of hydrogen-bond acceptors (Lipinski definition) is 3. The molecule has 25 heavy (non-hydrogen) atoms. The first kappa shape index (κ1) is 18.5. The van der Waals surface area contributed by atoms with Crippen LogP contribution in [0.25, 0.3) is 6.08 Å². The predicted octanol–water partition coefficient (Wildman–Crippen LogP) is 3.90. The van der Waals surface area contributed by atoms with E-state index in [2.05, 4.69) is 0 Å². The quantitative estimate of drug-likeness (QED) is 0.716. The Morgan fingerprint density at radius 1 is 1.16 bits per heavy atom. The van der Waals surface area contributed by atoms with Gasteiger partial charge in [0, 0.05) is 19.7 Å². The van der Waals surface area contributed by atoms with Crippen molar-refractivity contribution in [3.05, 3.63) is 65.5 Å². The smallest absolute Gasteiger partial charge is 0.246 e. The number of rotatable bonds is 7. The van der Waals surface area contributed by atoms with Gasteiger partial charge in [-0.2, -0.15) is 0 Å². The Balaban J connectivity index is 2.02. The van der Waals surface area contributed by atoms with Gasteiger partial charge < -0.3 is 14.4 Å². The minimum atomic E-state index is -0.290. The second-order valence-electron chi connectivity index (χ2n) is 5.50. The summed E-state index contributed by atoms with van der Waals surface area (Å²) >= 11 is 0. The van der Waals surface area contributed by atoms with Crippen molar-refractivity contribution in [1.82, 2.24) is 4.90 Å². The number of hydrogen-bond donors (Lipinski definition) is 0. The normalized spacial score (nSPS) is 10.7. The predicted molar refractivity (Wildman–Crippen MR) is 96.1 cm³/mol. The lowest BCUT2D eigenvalue weighted by Gasteiger charge is -2.15. The van der Waals surface area contributed by atoms with Gasteiger partial charge >= 0.3 is 0 Å². The fourth-order valence-corrected chi connectivity index (χ4v) is 2.30. The summed E-state index contributed by atoms with van der Waals surface area (Å²) in [5.74, 6) is 0.859. The maximum Gasteiger partial charge on any atom is 0.246 e. The molecule has 2 aromatic carbocycles. The van der Waals surface area contributed by atoms with Gasteiger partial charge in [0.05, 0.1) is 13.7 Å². The molecule has 1 amide bonds. The van der Waals surface area contributed by atoms with E-state index >= 15 is 0 Å². The Labute approximate surface area is 147 Å². The second-order valence-corrected chi connectivity index (χ2v) is 5.50. The molecule has 0 heterocycles. The first-order valence-corrected chi connectivity index (χ1v) is 8.02. The number of halogens is 1. The number of carbonyl (C=O) groups excluding carboxylic acids is 1. The zero-order valence-corrected chi connectivity index (χ0v) is 14.7. The third kappa shape index (κ3) is 5.35. The summed E-state index contributed by atoms with van der Waals surface area (Å²) in [7, 11) is 3.28. The number of ether oxygens (including phenoxy) is 2. The number of likely N-dealkylation sites (N-methyl/N-ethyl adjacent to an activating group) is 1. The topological polar surface area (TPSA) is 38.8 Å². The molecular formula is C20H22FNO3. The van der Waals surface area contributed by atoms with E-state index in [4.69, 9.17) is 9.47 Å². The Kier molecular flexibility index (Phi) is 6.57. The van der Waals surface area contributed by atoms with E-state index in [0.29, 0.717) is 24.7 Å². The molecule has 4 nitrogen and oxygen atoms in total. The van der Waals surface area contributed by atoms with E-state index in [9.17, 15) is 9.18 Å². The summed E-state index contributed by atoms with van der Waals surface area (Å²) in [6.07, 6.45) is 3.22. The number of benzene rings is 2. The highest BCUT2D eigenvalue weighted by Gasteiger charge is 2.07. The highest BCUT2D eigenvalue weighted by Crippen LogP contribution is 2.28. The lowest BCUT2D eigenvalue weighted by Crippen LogP contribution is -2.24. The molecule has 132 valence electrons. The minimum absolute atomic E-state index is 0.142. The molecule has 0 aliphatic carbocycles. The van der Waals surface area contributed by atoms with E-state index in [1.807, 2.05) is 25.1 Å². The molecule has 0 spiro atoms. The average molecular weight is 343 g/mol. The van der Waals surface area contributed by atoms with Gasteiger partial charge in [0.2, 0.25) is 5.91 Å². The van der Waals surface area contributed by atoms with Crippen molar-refractivity contribution in [3.63, 3.8) is 0 Å². The molecule has 0 N–H and O–H groups in total. The SMILES string of the molecule is CCOc1ccc(C=CC(=O)N(C)Cc2ccc(F)cc2)cc1OC. The maximum absolute atomic E-state index is 12.9. The van der Waals surface area contributed by atoms with Crippen molar-refractivity contribution in [2.24, 2.45) is 0 Å². The van der Waals surface area contributed by atoms with Gasteiger partial charge in [0.1, 0.15) is 5.82 Å². The zero-order chi connectivity index (χ0) is 18.2. The van der Waals surface area contributed by atoms with Crippen LogP contribution in [0.3, 0.4) is 0 Å². The van der Waals surface area contributed by atoms with E-state index in [0.717, 1.165) is 11.1 Å². The van der Waals surface area contributed by atoms with Crippen LogP contribution in [-0.2, 0) is 11.3 Å². The number of carbonyl (C=O) groups is 1. The van der Waals surface area contributed by atoms with Crippen molar-refractivity contribution in [2.75, 3.05) is 20.8 Å². The second kappa shape index (κ2) is 8.87. The molecule has 0 saturated carbocycles. The highest BCUT2D eigenvalue weighted by molar-refractivity contribution is 5.91. The molecule has 0 atom stereocenters. The molecule has 2 aromatic rings. The first-order valence-electron chi connectivity index (χ1n) is 8.02. The molecule has 0 aliphatic heterocycles. The van der Waals surface area contributed by atoms with Crippen molar-refractivity contribution >= 4 is 12.0 Å². The maximum atomic E-state index is 12.9. The molecule has 0 bridgehead atoms. The van der Waals surface area contributed by atoms with Crippen LogP contribution in [0.2, 0.25) is 0 Å². The Morgan fingerprint density at radius 3 is 2.52 bits per heavy atom. The van der Waals surface area contributed by atoms with Crippen LogP contribution in [0.15, 0.2) is 48.5 Å². The van der Waals surface area contributed by atoms with E-state index in [1.165, 1.54) is 18.2 Å². The number of amides is 1. The van der Waals surface area contributed by atoms with Crippen molar-refractivity contribution in [2.45, 2.75) is 13.5 Å². The van der Waals surface area contributed by atoms with Gasteiger partial charge in [-0.25, -0.2) is 4.39 Å². The molecule has 0 saturated heterocycles. The first-order chi connectivity index (χ1) is 12.0. The van der Waals surface area contributed by atoms with Gasteiger partial charge in [0.15, 0.2) is 11.5 Å². The van der Waals surface area contributed by atoms with Crippen molar-refractivity contribution in [3.8, 4) is 11.5 Å². The highest BCUT2D eigenvalue weighted by atomic mass is 19.1. The van der Waals surface area contributed by atoms with Crippen LogP contribution in [0.1, 0.15) is 18.1 Å². The third-order valence-corrected chi connectivity index (χ3v) is 3.62. The van der Waals surface area contributed by atoms with E-state index in [-0.39, 0.29) is 11.7 Å². The van der Waals surface area contributed by atoms with E-state index < -0.39 is 0 Å². The van der Waals surface area contributed by atoms with Crippen LogP contribution >= 0.6 is 0 Å². The van der Waals surface area contributed by atoms with Gasteiger partial charge in [0.25, 0.3) is 0 Å². The van der Waals surface area contributed by atoms with Crippen LogP contribution in [0.5, 0.6) is 11.5 Å². The van der Waals surface area contributed by atoms with Crippen LogP contribution in [-0.4, -0.2) is 31.6 Å². The third-order valence-electron chi connectivity index (χ3n) is 3.62. The Morgan fingerprint density at radius 2 is 1.88 bits per heavy atom.